The average Bonchev–Trinajstić information content (AvgIpc) is 3.40. The highest BCUT2D eigenvalue weighted by Crippen LogP contribution is 2.40. The van der Waals surface area contributed by atoms with Crippen LogP contribution in [0.4, 0.5) is 4.79 Å². The molecule has 0 bridgehead atoms. The lowest BCUT2D eigenvalue weighted by atomic mass is 10.0. The number of imidazole rings is 1. The number of ether oxygens (including phenoxy) is 1. The molecule has 0 saturated carbocycles. The van der Waals surface area contributed by atoms with Crippen LogP contribution in [0.25, 0.3) is 11.0 Å². The molecule has 1 saturated heterocycles. The Labute approximate surface area is 248 Å². The van der Waals surface area contributed by atoms with Gasteiger partial charge < -0.3 is 30.8 Å². The number of carbonyl (C=O) groups is 5. The van der Waals surface area contributed by atoms with Crippen LogP contribution >= 0.6 is 23.4 Å². The number of aliphatic carboxylic acids is 1. The number of amides is 4. The molecular weight excluding hydrogens is 588 g/mol. The van der Waals surface area contributed by atoms with Gasteiger partial charge in [0.15, 0.2) is 5.82 Å². The van der Waals surface area contributed by atoms with Crippen molar-refractivity contribution in [2.24, 2.45) is 0 Å². The third-order valence-corrected chi connectivity index (χ3v) is 8.15. The summed E-state index contributed by atoms with van der Waals surface area (Å²) in [7, 11) is 0. The topological polar surface area (TPSA) is 183 Å². The second-order valence-electron chi connectivity index (χ2n) is 9.32. The number of carboxylic acids is 1. The first-order chi connectivity index (χ1) is 20.2. The molecule has 42 heavy (non-hydrogen) atoms. The standard InChI is InChI=1S/C27H25ClN6O7S/c1-2-29-27(40)41-11-14-12-42-25-19(24(37)34(25)20(14)26(38)39)33-22(35)18(13-6-4-3-5-7-13)32-23(36)21-30-16-9-8-15(28)10-17(16)31-21/h3-10,18-19,25H,2,11-12H2,1H3,(H,29,40)(H,30,31)(H,32,36)(H,33,35)(H,38,39)/t18?,19?,25-/m0/s1. The highest BCUT2D eigenvalue weighted by atomic mass is 35.5. The fourth-order valence-corrected chi connectivity index (χ4v) is 6.10. The Morgan fingerprint density at radius 3 is 2.69 bits per heavy atom. The molecule has 2 aliphatic heterocycles. The van der Waals surface area contributed by atoms with Crippen LogP contribution in [0.2, 0.25) is 5.02 Å². The van der Waals surface area contributed by atoms with Gasteiger partial charge in [-0.05, 0) is 30.7 Å². The highest BCUT2D eigenvalue weighted by molar-refractivity contribution is 8.00. The number of β-lactam (4-membered cyclic amide) rings is 1. The van der Waals surface area contributed by atoms with E-state index in [2.05, 4.69) is 25.9 Å². The van der Waals surface area contributed by atoms with Crippen molar-refractivity contribution in [3.05, 3.63) is 76.2 Å². The van der Waals surface area contributed by atoms with E-state index in [4.69, 9.17) is 16.3 Å². The molecule has 1 fully saturated rings. The molecule has 1 aromatic heterocycles. The monoisotopic (exact) mass is 612 g/mol. The van der Waals surface area contributed by atoms with Crippen molar-refractivity contribution in [1.29, 1.82) is 0 Å². The Morgan fingerprint density at radius 2 is 1.98 bits per heavy atom. The zero-order valence-electron chi connectivity index (χ0n) is 22.0. The second kappa shape index (κ2) is 12.1. The van der Waals surface area contributed by atoms with Crippen LogP contribution in [0.15, 0.2) is 59.8 Å². The van der Waals surface area contributed by atoms with Crippen LogP contribution in [0.5, 0.6) is 0 Å². The number of hydrogen-bond acceptors (Lipinski definition) is 8. The van der Waals surface area contributed by atoms with Crippen molar-refractivity contribution in [1.82, 2.24) is 30.8 Å². The Hall–Kier alpha value is -4.56. The first kappa shape index (κ1) is 29.0. The minimum atomic E-state index is -1.35. The van der Waals surface area contributed by atoms with Crippen LogP contribution in [-0.2, 0) is 19.1 Å². The average molecular weight is 613 g/mol. The summed E-state index contributed by atoms with van der Waals surface area (Å²) in [6.45, 7) is 1.74. The van der Waals surface area contributed by atoms with E-state index in [0.29, 0.717) is 28.2 Å². The van der Waals surface area contributed by atoms with Gasteiger partial charge in [-0.25, -0.2) is 14.6 Å². The summed E-state index contributed by atoms with van der Waals surface area (Å²) < 4.78 is 5.07. The molecule has 3 aromatic rings. The summed E-state index contributed by atoms with van der Waals surface area (Å²) in [5.74, 6) is -3.19. The molecule has 0 aliphatic carbocycles. The SMILES string of the molecule is CCNC(=O)OCC1=C(C(=O)O)N2C(=O)C(NC(=O)C(NC(=O)c3nc4cc(Cl)ccc4[nH]3)c3ccccc3)[C@@H]2SC1. The lowest BCUT2D eigenvalue weighted by Crippen LogP contribution is -2.71. The van der Waals surface area contributed by atoms with E-state index >= 15 is 0 Å². The van der Waals surface area contributed by atoms with Gasteiger partial charge in [0.2, 0.25) is 5.91 Å². The van der Waals surface area contributed by atoms with E-state index in [1.807, 2.05) is 0 Å². The van der Waals surface area contributed by atoms with Crippen LogP contribution in [0, 0.1) is 0 Å². The number of carboxylic acid groups (broad SMARTS) is 1. The van der Waals surface area contributed by atoms with Gasteiger partial charge in [0.1, 0.15) is 29.8 Å². The van der Waals surface area contributed by atoms with Crippen molar-refractivity contribution >= 4 is 64.2 Å². The third kappa shape index (κ3) is 5.76. The number of H-pyrrole nitrogens is 1. The molecule has 2 unspecified atom stereocenters. The predicted octanol–water partition coefficient (Wildman–Crippen LogP) is 2.17. The Balaban J connectivity index is 1.32. The summed E-state index contributed by atoms with van der Waals surface area (Å²) in [5, 5.41) is 17.4. The first-order valence-corrected chi connectivity index (χ1v) is 14.2. The van der Waals surface area contributed by atoms with Crippen molar-refractivity contribution in [3.8, 4) is 0 Å². The minimum absolute atomic E-state index is 0.0340. The summed E-state index contributed by atoms with van der Waals surface area (Å²) in [6, 6.07) is 11.1. The van der Waals surface area contributed by atoms with Gasteiger partial charge in [-0.2, -0.15) is 0 Å². The van der Waals surface area contributed by atoms with Crippen LogP contribution < -0.4 is 16.0 Å². The van der Waals surface area contributed by atoms with E-state index in [1.54, 1.807) is 55.5 Å². The van der Waals surface area contributed by atoms with E-state index in [-0.39, 0.29) is 29.5 Å². The molecule has 4 amide bonds. The number of benzene rings is 2. The molecule has 2 aromatic carbocycles. The number of hydrogen-bond donors (Lipinski definition) is 5. The van der Waals surface area contributed by atoms with E-state index in [1.165, 1.54) is 11.8 Å². The van der Waals surface area contributed by atoms with Crippen LogP contribution in [-0.4, -0.2) is 80.1 Å². The van der Waals surface area contributed by atoms with Crippen molar-refractivity contribution in [3.63, 3.8) is 0 Å². The number of carbonyl (C=O) groups excluding carboxylic acids is 4. The maximum Gasteiger partial charge on any atom is 0.407 e. The van der Waals surface area contributed by atoms with Gasteiger partial charge in [0, 0.05) is 22.9 Å². The molecule has 0 radical (unpaired) electrons. The second-order valence-corrected chi connectivity index (χ2v) is 10.9. The molecule has 2 aliphatic rings. The summed E-state index contributed by atoms with van der Waals surface area (Å²) in [6.07, 6.45) is -0.706. The van der Waals surface area contributed by atoms with Crippen molar-refractivity contribution in [2.45, 2.75) is 24.4 Å². The fraction of sp³-hybridized carbons (Fsp3) is 0.259. The molecule has 5 N–H and O–H groups in total. The summed E-state index contributed by atoms with van der Waals surface area (Å²) in [4.78, 5) is 71.8. The number of aromatic nitrogens is 2. The van der Waals surface area contributed by atoms with Gasteiger partial charge in [-0.1, -0.05) is 41.9 Å². The molecule has 3 atom stereocenters. The largest absolute Gasteiger partial charge is 0.477 e. The molecule has 13 nitrogen and oxygen atoms in total. The number of thioether (sulfide) groups is 1. The van der Waals surface area contributed by atoms with Crippen LogP contribution in [0.3, 0.4) is 0 Å². The third-order valence-electron chi connectivity index (χ3n) is 6.58. The van der Waals surface area contributed by atoms with Gasteiger partial charge >= 0.3 is 12.1 Å². The number of nitrogens with zero attached hydrogens (tertiary/aromatic N) is 2. The Morgan fingerprint density at radius 1 is 1.21 bits per heavy atom. The van der Waals surface area contributed by atoms with Crippen molar-refractivity contribution in [2.75, 3.05) is 18.9 Å². The van der Waals surface area contributed by atoms with Gasteiger partial charge in [-0.15, -0.1) is 11.8 Å². The Kier molecular flexibility index (Phi) is 8.36. The molecule has 0 spiro atoms. The van der Waals surface area contributed by atoms with E-state index < -0.39 is 47.2 Å². The Bertz CT molecular complexity index is 1610. The zero-order valence-corrected chi connectivity index (χ0v) is 23.6. The fourth-order valence-electron chi connectivity index (χ4n) is 4.61. The maximum absolute atomic E-state index is 13.5. The highest BCUT2D eigenvalue weighted by Gasteiger charge is 2.54. The normalized spacial score (nSPS) is 18.5. The quantitative estimate of drug-likeness (QED) is 0.226. The number of halogens is 1. The van der Waals surface area contributed by atoms with Crippen LogP contribution in [0.1, 0.15) is 29.1 Å². The van der Waals surface area contributed by atoms with E-state index in [0.717, 1.165) is 4.90 Å². The minimum Gasteiger partial charge on any atom is -0.477 e. The van der Waals surface area contributed by atoms with Crippen molar-refractivity contribution < 1.29 is 33.8 Å². The number of aromatic amines is 1. The number of fused-ring (bicyclic) bond motifs is 2. The smallest absolute Gasteiger partial charge is 0.407 e. The molecule has 5 rings (SSSR count). The molecule has 218 valence electrons. The molecular formula is C27H25ClN6O7S. The zero-order chi connectivity index (χ0) is 30.0. The van der Waals surface area contributed by atoms with E-state index in [9.17, 15) is 29.1 Å². The maximum atomic E-state index is 13.5. The first-order valence-electron chi connectivity index (χ1n) is 12.8. The number of alkyl carbamates (subject to hydrolysis) is 1. The number of rotatable bonds is 9. The lowest BCUT2D eigenvalue weighted by Gasteiger charge is -2.49. The predicted molar refractivity (Wildman–Crippen MR) is 152 cm³/mol. The van der Waals surface area contributed by atoms with Gasteiger partial charge in [-0.3, -0.25) is 19.3 Å². The summed E-state index contributed by atoms with van der Waals surface area (Å²) in [5.41, 5.74) is 1.49. The molecule has 15 heteroatoms. The van der Waals surface area contributed by atoms with Gasteiger partial charge in [0.25, 0.3) is 11.8 Å². The number of nitrogens with one attached hydrogen (secondary N) is 4. The lowest BCUT2D eigenvalue weighted by molar-refractivity contribution is -0.151. The summed E-state index contributed by atoms with van der Waals surface area (Å²) >= 11 is 7.25. The molecule has 3 heterocycles. The van der Waals surface area contributed by atoms with Gasteiger partial charge in [0.05, 0.1) is 11.0 Å².